The van der Waals surface area contributed by atoms with Crippen molar-refractivity contribution in [1.29, 1.82) is 0 Å². The van der Waals surface area contributed by atoms with Crippen LogP contribution in [0.2, 0.25) is 10.0 Å². The fourth-order valence-electron chi connectivity index (χ4n) is 1.41. The second kappa shape index (κ2) is 5.57. The molecule has 0 amide bonds. The zero-order valence-electron chi connectivity index (χ0n) is 9.19. The SMILES string of the molecule is NC(=S)c1ccc(Oc2cc(Cl)cc(Cl)c2)cc1. The average Bonchev–Trinajstić information content (AvgIpc) is 2.28. The van der Waals surface area contributed by atoms with E-state index in [0.717, 1.165) is 5.56 Å². The molecule has 0 spiro atoms. The third-order valence-corrected chi connectivity index (χ3v) is 2.88. The molecule has 0 atom stereocenters. The number of hydrogen-bond acceptors (Lipinski definition) is 2. The van der Waals surface area contributed by atoms with Crippen LogP contribution in [0.3, 0.4) is 0 Å². The minimum absolute atomic E-state index is 0.354. The molecule has 0 unspecified atom stereocenters. The Kier molecular flexibility index (Phi) is 4.07. The Bertz CT molecular complexity index is 564. The van der Waals surface area contributed by atoms with E-state index in [1.54, 1.807) is 42.5 Å². The van der Waals surface area contributed by atoms with E-state index in [-0.39, 0.29) is 0 Å². The van der Waals surface area contributed by atoms with Crippen LogP contribution in [0.5, 0.6) is 11.5 Å². The lowest BCUT2D eigenvalue weighted by Gasteiger charge is -2.07. The minimum atomic E-state index is 0.354. The molecule has 0 heterocycles. The van der Waals surface area contributed by atoms with E-state index in [4.69, 9.17) is 45.9 Å². The maximum Gasteiger partial charge on any atom is 0.130 e. The van der Waals surface area contributed by atoms with Crippen LogP contribution < -0.4 is 10.5 Å². The lowest BCUT2D eigenvalue weighted by molar-refractivity contribution is 0.483. The van der Waals surface area contributed by atoms with Gasteiger partial charge in [-0.15, -0.1) is 0 Å². The van der Waals surface area contributed by atoms with E-state index < -0.39 is 0 Å². The van der Waals surface area contributed by atoms with Crippen molar-refractivity contribution in [3.8, 4) is 11.5 Å². The highest BCUT2D eigenvalue weighted by Crippen LogP contribution is 2.28. The second-order valence-corrected chi connectivity index (χ2v) is 4.91. The third-order valence-electron chi connectivity index (χ3n) is 2.21. The van der Waals surface area contributed by atoms with E-state index in [2.05, 4.69) is 0 Å². The third kappa shape index (κ3) is 3.35. The van der Waals surface area contributed by atoms with Crippen molar-refractivity contribution < 1.29 is 4.74 Å². The Morgan fingerprint density at radius 2 is 1.50 bits per heavy atom. The number of benzene rings is 2. The summed E-state index contributed by atoms with van der Waals surface area (Å²) in [6, 6.07) is 12.2. The van der Waals surface area contributed by atoms with Crippen LogP contribution in [-0.2, 0) is 0 Å². The van der Waals surface area contributed by atoms with Gasteiger partial charge in [0, 0.05) is 15.6 Å². The van der Waals surface area contributed by atoms with Crippen molar-refractivity contribution in [2.24, 2.45) is 5.73 Å². The normalized spacial score (nSPS) is 10.1. The van der Waals surface area contributed by atoms with Gasteiger partial charge in [0.2, 0.25) is 0 Å². The predicted molar refractivity (Wildman–Crippen MR) is 78.9 cm³/mol. The maximum atomic E-state index is 5.89. The van der Waals surface area contributed by atoms with Crippen molar-refractivity contribution >= 4 is 40.4 Å². The summed E-state index contributed by atoms with van der Waals surface area (Å²) in [5.41, 5.74) is 6.30. The molecule has 2 nitrogen and oxygen atoms in total. The highest BCUT2D eigenvalue weighted by Gasteiger charge is 2.02. The van der Waals surface area contributed by atoms with Crippen LogP contribution in [0.4, 0.5) is 0 Å². The molecule has 0 radical (unpaired) electrons. The molecule has 2 aromatic rings. The number of halogens is 2. The Balaban J connectivity index is 2.20. The molecule has 0 aliphatic rings. The topological polar surface area (TPSA) is 35.2 Å². The van der Waals surface area contributed by atoms with Crippen LogP contribution >= 0.6 is 35.4 Å². The van der Waals surface area contributed by atoms with Gasteiger partial charge in [-0.1, -0.05) is 35.4 Å². The van der Waals surface area contributed by atoms with Gasteiger partial charge in [-0.2, -0.15) is 0 Å². The van der Waals surface area contributed by atoms with E-state index in [0.29, 0.717) is 26.5 Å². The van der Waals surface area contributed by atoms with Crippen LogP contribution in [0.25, 0.3) is 0 Å². The zero-order chi connectivity index (χ0) is 13.1. The summed E-state index contributed by atoms with van der Waals surface area (Å²) in [5.74, 6) is 1.24. The number of hydrogen-bond donors (Lipinski definition) is 1. The van der Waals surface area contributed by atoms with Gasteiger partial charge in [0.1, 0.15) is 16.5 Å². The molecule has 18 heavy (non-hydrogen) atoms. The number of rotatable bonds is 3. The predicted octanol–water partition coefficient (Wildman–Crippen LogP) is 4.42. The molecule has 2 N–H and O–H groups in total. The smallest absolute Gasteiger partial charge is 0.130 e. The molecule has 92 valence electrons. The summed E-state index contributed by atoms with van der Waals surface area (Å²) in [5, 5.41) is 1.05. The Hall–Kier alpha value is -1.29. The fourth-order valence-corrected chi connectivity index (χ4v) is 2.05. The first kappa shape index (κ1) is 13.1. The summed E-state index contributed by atoms with van der Waals surface area (Å²) in [6.07, 6.45) is 0. The van der Waals surface area contributed by atoms with Crippen molar-refractivity contribution in [2.75, 3.05) is 0 Å². The van der Waals surface area contributed by atoms with E-state index in [1.807, 2.05) is 0 Å². The fraction of sp³-hybridized carbons (Fsp3) is 0. The second-order valence-electron chi connectivity index (χ2n) is 3.60. The molecule has 0 aliphatic heterocycles. The molecular weight excluding hydrogens is 289 g/mol. The zero-order valence-corrected chi connectivity index (χ0v) is 11.5. The molecule has 0 aliphatic carbocycles. The number of nitrogens with two attached hydrogens (primary N) is 1. The minimum Gasteiger partial charge on any atom is -0.457 e. The molecule has 0 fully saturated rings. The van der Waals surface area contributed by atoms with Crippen LogP contribution in [0.1, 0.15) is 5.56 Å². The molecule has 0 saturated heterocycles. The monoisotopic (exact) mass is 297 g/mol. The summed E-state index contributed by atoms with van der Waals surface area (Å²) in [4.78, 5) is 0.354. The van der Waals surface area contributed by atoms with Crippen molar-refractivity contribution in [1.82, 2.24) is 0 Å². The van der Waals surface area contributed by atoms with E-state index in [1.165, 1.54) is 0 Å². The Labute approximate surface area is 120 Å². The number of thiocarbonyl (C=S) groups is 1. The average molecular weight is 298 g/mol. The van der Waals surface area contributed by atoms with Gasteiger partial charge in [0.15, 0.2) is 0 Å². The quantitative estimate of drug-likeness (QED) is 0.852. The number of ether oxygens (including phenoxy) is 1. The first-order valence-electron chi connectivity index (χ1n) is 5.08. The highest BCUT2D eigenvalue weighted by molar-refractivity contribution is 7.80. The maximum absolute atomic E-state index is 5.89. The van der Waals surface area contributed by atoms with Crippen molar-refractivity contribution in [2.45, 2.75) is 0 Å². The van der Waals surface area contributed by atoms with Crippen LogP contribution in [-0.4, -0.2) is 4.99 Å². The van der Waals surface area contributed by atoms with E-state index >= 15 is 0 Å². The lowest BCUT2D eigenvalue weighted by Crippen LogP contribution is -2.08. The van der Waals surface area contributed by atoms with Gasteiger partial charge in [-0.05, 0) is 42.5 Å². The Morgan fingerprint density at radius 3 is 2.00 bits per heavy atom. The first-order valence-corrected chi connectivity index (χ1v) is 6.25. The van der Waals surface area contributed by atoms with Crippen molar-refractivity contribution in [3.63, 3.8) is 0 Å². The van der Waals surface area contributed by atoms with Gasteiger partial charge < -0.3 is 10.5 Å². The molecule has 5 heteroatoms. The standard InChI is InChI=1S/C13H9Cl2NOS/c14-9-5-10(15)7-12(6-9)17-11-3-1-8(2-4-11)13(16)18/h1-7H,(H2,16,18). The van der Waals surface area contributed by atoms with Gasteiger partial charge in [0.25, 0.3) is 0 Å². The largest absolute Gasteiger partial charge is 0.457 e. The summed E-state index contributed by atoms with van der Waals surface area (Å²) in [7, 11) is 0. The summed E-state index contributed by atoms with van der Waals surface area (Å²) < 4.78 is 5.62. The van der Waals surface area contributed by atoms with Crippen molar-refractivity contribution in [3.05, 3.63) is 58.1 Å². The van der Waals surface area contributed by atoms with Gasteiger partial charge in [-0.25, -0.2) is 0 Å². The molecule has 2 rings (SSSR count). The summed E-state index contributed by atoms with van der Waals surface area (Å²) in [6.45, 7) is 0. The van der Waals surface area contributed by atoms with Crippen LogP contribution in [0.15, 0.2) is 42.5 Å². The highest BCUT2D eigenvalue weighted by atomic mass is 35.5. The lowest BCUT2D eigenvalue weighted by atomic mass is 10.2. The van der Waals surface area contributed by atoms with Gasteiger partial charge >= 0.3 is 0 Å². The van der Waals surface area contributed by atoms with Gasteiger partial charge in [-0.3, -0.25) is 0 Å². The first-order chi connectivity index (χ1) is 8.54. The molecule has 0 saturated carbocycles. The molecular formula is C13H9Cl2NOS. The van der Waals surface area contributed by atoms with E-state index in [9.17, 15) is 0 Å². The molecule has 0 aromatic heterocycles. The molecule has 0 bridgehead atoms. The van der Waals surface area contributed by atoms with Crippen LogP contribution in [0, 0.1) is 0 Å². The molecule has 2 aromatic carbocycles. The summed E-state index contributed by atoms with van der Waals surface area (Å²) >= 11 is 16.6. The van der Waals surface area contributed by atoms with Gasteiger partial charge in [0.05, 0.1) is 0 Å². The Morgan fingerprint density at radius 1 is 0.944 bits per heavy atom.